The molecule has 2 radical (unpaired) electrons. The molecule has 1 aliphatic rings. The molecule has 1 nitrogen and oxygen atoms in total. The van der Waals surface area contributed by atoms with E-state index in [1.807, 2.05) is 6.08 Å². The topological polar surface area (TPSA) is 26.0 Å². The van der Waals surface area contributed by atoms with Crippen LogP contribution in [0.5, 0.6) is 0 Å². The Morgan fingerprint density at radius 3 is 2.83 bits per heavy atom. The van der Waals surface area contributed by atoms with Crippen LogP contribution < -0.4 is 5.73 Å². The second kappa shape index (κ2) is 4.51. The van der Waals surface area contributed by atoms with Gasteiger partial charge in [0.15, 0.2) is 0 Å². The Morgan fingerprint density at radius 1 is 1.58 bits per heavy atom. The molecule has 12 heavy (non-hydrogen) atoms. The Labute approximate surface area is 76.1 Å². The maximum Gasteiger partial charge on any atom is 0.0708 e. The van der Waals surface area contributed by atoms with Crippen LogP contribution in [0.15, 0.2) is 24.8 Å². The second-order valence-corrected chi connectivity index (χ2v) is 3.46. The van der Waals surface area contributed by atoms with E-state index in [0.29, 0.717) is 5.92 Å². The number of hydrogen-bond acceptors (Lipinski definition) is 1. The number of rotatable bonds is 3. The van der Waals surface area contributed by atoms with Crippen molar-refractivity contribution in [2.24, 2.45) is 11.7 Å². The first-order valence-electron chi connectivity index (χ1n) is 4.52. The first-order chi connectivity index (χ1) is 5.75. The summed E-state index contributed by atoms with van der Waals surface area (Å²) >= 11 is 0. The van der Waals surface area contributed by atoms with Crippen LogP contribution in [-0.4, -0.2) is 13.9 Å². The molecule has 0 bridgehead atoms. The second-order valence-electron chi connectivity index (χ2n) is 3.46. The van der Waals surface area contributed by atoms with Gasteiger partial charge in [-0.05, 0) is 25.2 Å². The summed E-state index contributed by atoms with van der Waals surface area (Å²) < 4.78 is 0. The summed E-state index contributed by atoms with van der Waals surface area (Å²) in [5.74, 6) is 0.621. The standard InChI is InChI=1S/C10H16BN/c1-2-5-9(11)8-6-3-4-7-10(8)12/h2-4,8-10H,1,5-7,12H2. The molecule has 0 spiro atoms. The molecule has 0 amide bonds. The zero-order chi connectivity index (χ0) is 8.97. The fourth-order valence-electron chi connectivity index (χ4n) is 1.72. The Balaban J connectivity index is 2.48. The van der Waals surface area contributed by atoms with Crippen molar-refractivity contribution in [1.29, 1.82) is 0 Å². The van der Waals surface area contributed by atoms with E-state index < -0.39 is 0 Å². The van der Waals surface area contributed by atoms with Crippen LogP contribution in [0.4, 0.5) is 0 Å². The first-order valence-corrected chi connectivity index (χ1v) is 4.52. The molecule has 0 aromatic carbocycles. The van der Waals surface area contributed by atoms with Crippen molar-refractivity contribution >= 4 is 7.85 Å². The van der Waals surface area contributed by atoms with E-state index in [0.717, 1.165) is 19.3 Å². The maximum absolute atomic E-state index is 5.96. The highest BCUT2D eigenvalue weighted by Crippen LogP contribution is 2.29. The average molecular weight is 161 g/mol. The SMILES string of the molecule is [B]C(CC=C)C1CC=CCC1N. The average Bonchev–Trinajstić information content (AvgIpc) is 2.05. The van der Waals surface area contributed by atoms with Crippen molar-refractivity contribution in [3.63, 3.8) is 0 Å². The lowest BCUT2D eigenvalue weighted by molar-refractivity contribution is 0.388. The van der Waals surface area contributed by atoms with Crippen molar-refractivity contribution in [3.8, 4) is 0 Å². The summed E-state index contributed by atoms with van der Waals surface area (Å²) in [4.78, 5) is 0. The molecule has 0 fully saturated rings. The number of nitrogens with two attached hydrogens (primary N) is 1. The summed E-state index contributed by atoms with van der Waals surface area (Å²) in [5.41, 5.74) is 5.94. The summed E-state index contributed by atoms with van der Waals surface area (Å²) in [6, 6.07) is 0.241. The summed E-state index contributed by atoms with van der Waals surface area (Å²) in [6.45, 7) is 3.68. The molecule has 2 N–H and O–H groups in total. The van der Waals surface area contributed by atoms with E-state index in [1.54, 1.807) is 0 Å². The molecular formula is C10H16BN. The minimum atomic E-state index is 0.183. The van der Waals surface area contributed by atoms with Crippen molar-refractivity contribution in [2.75, 3.05) is 0 Å². The van der Waals surface area contributed by atoms with E-state index >= 15 is 0 Å². The largest absolute Gasteiger partial charge is 0.327 e. The zero-order valence-corrected chi connectivity index (χ0v) is 7.45. The van der Waals surface area contributed by atoms with Gasteiger partial charge in [-0.2, -0.15) is 0 Å². The summed E-state index contributed by atoms with van der Waals surface area (Å²) in [6.07, 6.45) is 9.05. The van der Waals surface area contributed by atoms with Crippen molar-refractivity contribution in [1.82, 2.24) is 0 Å². The lowest BCUT2D eigenvalue weighted by atomic mass is 9.68. The van der Waals surface area contributed by atoms with E-state index in [-0.39, 0.29) is 11.9 Å². The van der Waals surface area contributed by atoms with Gasteiger partial charge < -0.3 is 5.73 Å². The van der Waals surface area contributed by atoms with Crippen molar-refractivity contribution < 1.29 is 0 Å². The van der Waals surface area contributed by atoms with Crippen LogP contribution in [0.3, 0.4) is 0 Å². The third kappa shape index (κ3) is 2.24. The fraction of sp³-hybridized carbons (Fsp3) is 0.600. The Morgan fingerprint density at radius 2 is 2.25 bits per heavy atom. The van der Waals surface area contributed by atoms with Crippen molar-refractivity contribution in [2.45, 2.75) is 31.1 Å². The third-order valence-corrected chi connectivity index (χ3v) is 2.52. The Bertz CT molecular complexity index is 177. The normalized spacial score (nSPS) is 31.4. The lowest BCUT2D eigenvalue weighted by Gasteiger charge is -2.30. The van der Waals surface area contributed by atoms with Gasteiger partial charge in [0.1, 0.15) is 0 Å². The van der Waals surface area contributed by atoms with Gasteiger partial charge in [-0.1, -0.05) is 24.0 Å². The first kappa shape index (κ1) is 9.59. The minimum Gasteiger partial charge on any atom is -0.327 e. The Kier molecular flexibility index (Phi) is 3.61. The Hall–Kier alpha value is -0.495. The lowest BCUT2D eigenvalue weighted by Crippen LogP contribution is -2.34. The molecule has 0 saturated carbocycles. The molecule has 0 saturated heterocycles. The highest BCUT2D eigenvalue weighted by Gasteiger charge is 2.22. The van der Waals surface area contributed by atoms with Gasteiger partial charge >= 0.3 is 0 Å². The molecule has 1 aliphatic carbocycles. The monoisotopic (exact) mass is 161 g/mol. The fourth-order valence-corrected chi connectivity index (χ4v) is 1.72. The molecule has 3 unspecified atom stereocenters. The summed E-state index contributed by atoms with van der Waals surface area (Å²) in [7, 11) is 5.96. The van der Waals surface area contributed by atoms with E-state index in [2.05, 4.69) is 18.7 Å². The van der Waals surface area contributed by atoms with E-state index in [1.165, 1.54) is 0 Å². The molecule has 2 heteroatoms. The minimum absolute atomic E-state index is 0.183. The van der Waals surface area contributed by atoms with Gasteiger partial charge in [-0.25, -0.2) is 0 Å². The molecule has 0 heterocycles. The molecular weight excluding hydrogens is 145 g/mol. The third-order valence-electron chi connectivity index (χ3n) is 2.52. The molecule has 0 aromatic heterocycles. The van der Waals surface area contributed by atoms with Crippen LogP contribution in [0.25, 0.3) is 0 Å². The smallest absolute Gasteiger partial charge is 0.0708 e. The highest BCUT2D eigenvalue weighted by molar-refractivity contribution is 6.12. The van der Waals surface area contributed by atoms with E-state index in [9.17, 15) is 0 Å². The van der Waals surface area contributed by atoms with Gasteiger partial charge in [0.05, 0.1) is 7.85 Å². The molecule has 3 atom stereocenters. The van der Waals surface area contributed by atoms with Crippen molar-refractivity contribution in [3.05, 3.63) is 24.8 Å². The van der Waals surface area contributed by atoms with Crippen LogP contribution in [0.2, 0.25) is 5.82 Å². The number of allylic oxidation sites excluding steroid dienone is 2. The van der Waals surface area contributed by atoms with Crippen LogP contribution in [0, 0.1) is 5.92 Å². The molecule has 0 aliphatic heterocycles. The van der Waals surface area contributed by atoms with Crippen LogP contribution >= 0.6 is 0 Å². The predicted molar refractivity (Wildman–Crippen MR) is 54.2 cm³/mol. The zero-order valence-electron chi connectivity index (χ0n) is 7.45. The number of hydrogen-bond donors (Lipinski definition) is 1. The van der Waals surface area contributed by atoms with Gasteiger partial charge in [-0.15, -0.1) is 6.58 Å². The van der Waals surface area contributed by atoms with Crippen LogP contribution in [0.1, 0.15) is 19.3 Å². The predicted octanol–water partition coefficient (Wildman–Crippen LogP) is 1.81. The molecule has 0 aromatic rings. The maximum atomic E-state index is 5.96. The van der Waals surface area contributed by atoms with Crippen LogP contribution in [-0.2, 0) is 0 Å². The van der Waals surface area contributed by atoms with Gasteiger partial charge in [0.2, 0.25) is 0 Å². The van der Waals surface area contributed by atoms with Gasteiger partial charge in [0, 0.05) is 6.04 Å². The quantitative estimate of drug-likeness (QED) is 0.495. The van der Waals surface area contributed by atoms with E-state index in [4.69, 9.17) is 13.6 Å². The van der Waals surface area contributed by atoms with Gasteiger partial charge in [-0.3, -0.25) is 0 Å². The van der Waals surface area contributed by atoms with Gasteiger partial charge in [0.25, 0.3) is 0 Å². The summed E-state index contributed by atoms with van der Waals surface area (Å²) in [5, 5.41) is 0. The molecule has 1 rings (SSSR count). The molecule has 64 valence electrons. The highest BCUT2D eigenvalue weighted by atomic mass is 14.7.